The number of aliphatic hydroxyl groups is 2. The van der Waals surface area contributed by atoms with Crippen LogP contribution in [0.5, 0.6) is 0 Å². The van der Waals surface area contributed by atoms with Crippen molar-refractivity contribution in [2.75, 3.05) is 11.9 Å². The number of anilines is 1. The third kappa shape index (κ3) is 1.88. The van der Waals surface area contributed by atoms with Gasteiger partial charge in [0.05, 0.1) is 23.6 Å². The summed E-state index contributed by atoms with van der Waals surface area (Å²) in [6.07, 6.45) is 2.47. The quantitative estimate of drug-likeness (QED) is 0.754. The predicted molar refractivity (Wildman–Crippen MR) is 120 cm³/mol. The highest BCUT2D eigenvalue weighted by Gasteiger charge is 2.82. The number of para-hydroxylation sites is 1. The summed E-state index contributed by atoms with van der Waals surface area (Å²) in [5, 5.41) is 24.1. The van der Waals surface area contributed by atoms with Gasteiger partial charge in [0.25, 0.3) is 0 Å². The van der Waals surface area contributed by atoms with Crippen LogP contribution in [-0.2, 0) is 12.0 Å². The third-order valence-corrected chi connectivity index (χ3v) is 10.4. The number of nitrogens with zero attached hydrogens (tertiary/aromatic N) is 2. The topological polar surface area (TPSA) is 43.7 Å². The molecule has 0 radical (unpaired) electrons. The molecule has 5 aliphatic heterocycles. The zero-order chi connectivity index (χ0) is 21.1. The van der Waals surface area contributed by atoms with Gasteiger partial charge in [-0.2, -0.15) is 0 Å². The molecule has 4 nitrogen and oxygen atoms in total. The van der Waals surface area contributed by atoms with E-state index in [1.54, 1.807) is 0 Å². The van der Waals surface area contributed by atoms with Gasteiger partial charge < -0.3 is 15.1 Å². The Morgan fingerprint density at radius 1 is 1.03 bits per heavy atom. The van der Waals surface area contributed by atoms with Crippen LogP contribution in [-0.4, -0.2) is 52.2 Å². The van der Waals surface area contributed by atoms with Crippen LogP contribution in [0.2, 0.25) is 0 Å². The number of likely N-dealkylation sites (N-methyl/N-ethyl adjacent to an activating group) is 1. The molecule has 1 saturated carbocycles. The summed E-state index contributed by atoms with van der Waals surface area (Å²) in [5.41, 5.74) is 3.78. The van der Waals surface area contributed by atoms with Crippen LogP contribution in [0.4, 0.5) is 5.69 Å². The maximum Gasteiger partial charge on any atom is 0.194 e. The number of benzene rings is 2. The summed E-state index contributed by atoms with van der Waals surface area (Å²) >= 11 is 0. The van der Waals surface area contributed by atoms with Gasteiger partial charge in [-0.3, -0.25) is 4.48 Å². The van der Waals surface area contributed by atoms with Gasteiger partial charge in [-0.1, -0.05) is 55.5 Å². The van der Waals surface area contributed by atoms with Crippen molar-refractivity contribution in [1.82, 2.24) is 0 Å². The molecule has 2 aromatic rings. The Kier molecular flexibility index (Phi) is 3.56. The summed E-state index contributed by atoms with van der Waals surface area (Å²) in [7, 11) is 2.23. The van der Waals surface area contributed by atoms with E-state index >= 15 is 0 Å². The van der Waals surface area contributed by atoms with Crippen molar-refractivity contribution in [3.05, 3.63) is 65.7 Å². The number of fused-ring (bicyclic) bond motifs is 2. The fourth-order valence-electron chi connectivity index (χ4n) is 9.60. The molecule has 1 aliphatic carbocycles. The van der Waals surface area contributed by atoms with Crippen LogP contribution in [0.3, 0.4) is 0 Å². The molecular weight excluding hydrogens is 384 g/mol. The van der Waals surface area contributed by atoms with Crippen LogP contribution in [0.25, 0.3) is 0 Å². The molecule has 31 heavy (non-hydrogen) atoms. The summed E-state index contributed by atoms with van der Waals surface area (Å²) in [6.45, 7) is 3.11. The van der Waals surface area contributed by atoms with E-state index in [4.69, 9.17) is 0 Å². The Bertz CT molecular complexity index is 1040. The molecule has 2 aromatic carbocycles. The average molecular weight is 418 g/mol. The van der Waals surface area contributed by atoms with E-state index in [0.29, 0.717) is 18.0 Å². The fourth-order valence-corrected chi connectivity index (χ4v) is 9.60. The Hall–Kier alpha value is -1.88. The summed E-state index contributed by atoms with van der Waals surface area (Å²) in [5.74, 6) is 1.01. The molecule has 6 aliphatic rings. The maximum absolute atomic E-state index is 12.1. The number of piperidine rings is 4. The van der Waals surface area contributed by atoms with Crippen molar-refractivity contribution in [3.63, 3.8) is 0 Å². The normalized spacial score (nSPS) is 48.2. The van der Waals surface area contributed by atoms with Gasteiger partial charge in [-0.15, -0.1) is 0 Å². The van der Waals surface area contributed by atoms with Crippen molar-refractivity contribution >= 4 is 5.69 Å². The molecule has 10 atom stereocenters. The highest BCUT2D eigenvalue weighted by Crippen LogP contribution is 2.71. The SMILES string of the molecule is CC[C@@H]1[C@H]2C[C@@H]3[C@H]4N(C)c5ccccc5[C@]45C[C@@H]([C@@H]2[C@@H]5O)[N+]3(Cc2ccccc2)[C@@H]1O. The Morgan fingerprint density at radius 2 is 1.77 bits per heavy atom. The number of hydrogen-bond donors (Lipinski definition) is 2. The first-order valence-corrected chi connectivity index (χ1v) is 12.1. The van der Waals surface area contributed by atoms with Crippen molar-refractivity contribution in [2.24, 2.45) is 17.8 Å². The predicted octanol–water partition coefficient (Wildman–Crippen LogP) is 3.27. The second kappa shape index (κ2) is 5.92. The van der Waals surface area contributed by atoms with Gasteiger partial charge in [0.2, 0.25) is 0 Å². The lowest BCUT2D eigenvalue weighted by Crippen LogP contribution is -2.82. The molecule has 4 heteroatoms. The maximum atomic E-state index is 12.1. The van der Waals surface area contributed by atoms with Gasteiger partial charge in [0.1, 0.15) is 12.6 Å². The van der Waals surface area contributed by atoms with Gasteiger partial charge in [-0.25, -0.2) is 0 Å². The van der Waals surface area contributed by atoms with E-state index in [2.05, 4.69) is 73.5 Å². The van der Waals surface area contributed by atoms with Gasteiger partial charge >= 0.3 is 0 Å². The molecule has 5 heterocycles. The van der Waals surface area contributed by atoms with Crippen LogP contribution >= 0.6 is 0 Å². The Balaban J connectivity index is 1.47. The average Bonchev–Trinajstić information content (AvgIpc) is 3.18. The molecular formula is C27H33N2O2+. The molecule has 0 aromatic heterocycles. The number of quaternary nitrogens is 1. The first-order chi connectivity index (χ1) is 15.1. The minimum atomic E-state index is -0.337. The lowest BCUT2D eigenvalue weighted by molar-refractivity contribution is -1.05. The van der Waals surface area contributed by atoms with Crippen LogP contribution in [0.15, 0.2) is 54.6 Å². The highest BCUT2D eigenvalue weighted by atomic mass is 16.3. The first-order valence-electron chi connectivity index (χ1n) is 12.1. The fraction of sp³-hybridized carbons (Fsp3) is 0.556. The molecule has 162 valence electrons. The second-order valence-corrected chi connectivity index (χ2v) is 11.0. The lowest BCUT2D eigenvalue weighted by atomic mass is 9.60. The smallest absolute Gasteiger partial charge is 0.194 e. The van der Waals surface area contributed by atoms with E-state index < -0.39 is 0 Å². The molecule has 1 unspecified atom stereocenters. The van der Waals surface area contributed by atoms with Crippen molar-refractivity contribution in [2.45, 2.75) is 68.6 Å². The van der Waals surface area contributed by atoms with Crippen molar-refractivity contribution in [1.29, 1.82) is 0 Å². The standard InChI is InChI=1S/C27H33N2O2/c1-3-17-18-13-21-24-27(19-11-7-8-12-20(19)28(24)2)14-22(23(18)25(27)30)29(21,26(17)31)15-16-9-5-4-6-10-16/h4-12,17-18,21-26,30-31H,3,13-15H2,1-2H3/q+1/t17-,18-,21-,22+,23-,24-,25+,26-,27-,29?/m1/s1. The summed E-state index contributed by atoms with van der Waals surface area (Å²) < 4.78 is 0.769. The molecule has 5 bridgehead atoms. The third-order valence-electron chi connectivity index (χ3n) is 10.4. The molecule has 8 rings (SSSR count). The van der Waals surface area contributed by atoms with E-state index in [9.17, 15) is 10.2 Å². The monoisotopic (exact) mass is 417 g/mol. The minimum Gasteiger partial charge on any atom is -0.392 e. The van der Waals surface area contributed by atoms with Crippen LogP contribution in [0, 0.1) is 17.8 Å². The number of aliphatic hydroxyl groups excluding tert-OH is 2. The van der Waals surface area contributed by atoms with Crippen LogP contribution in [0.1, 0.15) is 37.3 Å². The van der Waals surface area contributed by atoms with E-state index in [1.807, 2.05) is 0 Å². The zero-order valence-electron chi connectivity index (χ0n) is 18.4. The second-order valence-electron chi connectivity index (χ2n) is 11.0. The number of hydrogen-bond acceptors (Lipinski definition) is 3. The highest BCUT2D eigenvalue weighted by molar-refractivity contribution is 5.66. The molecule has 0 amide bonds. The molecule has 4 saturated heterocycles. The largest absolute Gasteiger partial charge is 0.392 e. The van der Waals surface area contributed by atoms with E-state index in [0.717, 1.165) is 30.3 Å². The Morgan fingerprint density at radius 3 is 2.55 bits per heavy atom. The van der Waals surface area contributed by atoms with Gasteiger partial charge in [-0.05, 0) is 24.0 Å². The molecule has 1 spiro atoms. The van der Waals surface area contributed by atoms with Crippen molar-refractivity contribution < 1.29 is 14.7 Å². The Labute approximate surface area is 184 Å². The first kappa shape index (κ1) is 18.7. The van der Waals surface area contributed by atoms with E-state index in [-0.39, 0.29) is 35.6 Å². The molecule has 5 fully saturated rings. The summed E-state index contributed by atoms with van der Waals surface area (Å²) in [4.78, 5) is 2.47. The van der Waals surface area contributed by atoms with E-state index in [1.165, 1.54) is 16.8 Å². The lowest BCUT2D eigenvalue weighted by Gasteiger charge is -2.68. The van der Waals surface area contributed by atoms with Gasteiger partial charge in [0.15, 0.2) is 6.23 Å². The van der Waals surface area contributed by atoms with Gasteiger partial charge in [0, 0.05) is 43.0 Å². The minimum absolute atomic E-state index is 0.180. The summed E-state index contributed by atoms with van der Waals surface area (Å²) in [6, 6.07) is 20.5. The number of rotatable bonds is 3. The van der Waals surface area contributed by atoms with Crippen LogP contribution < -0.4 is 4.90 Å². The zero-order valence-corrected chi connectivity index (χ0v) is 18.4. The van der Waals surface area contributed by atoms with Crippen molar-refractivity contribution in [3.8, 4) is 0 Å². The molecule has 2 N–H and O–H groups in total.